The Hall–Kier alpha value is -1.13. The molecule has 1 unspecified atom stereocenters. The van der Waals surface area contributed by atoms with Gasteiger partial charge in [0.25, 0.3) is 0 Å². The fourth-order valence-corrected chi connectivity index (χ4v) is 3.70. The van der Waals surface area contributed by atoms with Crippen LogP contribution in [0.2, 0.25) is 0 Å². The molecule has 3 rings (SSSR count). The van der Waals surface area contributed by atoms with Crippen LogP contribution < -0.4 is 0 Å². The topological polar surface area (TPSA) is 29.3 Å². The summed E-state index contributed by atoms with van der Waals surface area (Å²) in [6.45, 7) is 6.31. The molecule has 1 saturated heterocycles. The Bertz CT molecular complexity index is 623. The highest BCUT2D eigenvalue weighted by molar-refractivity contribution is 9.10. The van der Waals surface area contributed by atoms with E-state index in [1.807, 2.05) is 0 Å². The maximum atomic E-state index is 5.49. The lowest BCUT2D eigenvalue weighted by Crippen LogP contribution is -2.23. The molecule has 1 fully saturated rings. The SMILES string of the molecule is CCc1onc(C)c1C1CCCN1Cc1ccccc1Br. The molecule has 1 aromatic carbocycles. The van der Waals surface area contributed by atoms with Crippen LogP contribution >= 0.6 is 15.9 Å². The van der Waals surface area contributed by atoms with E-state index in [1.165, 1.54) is 28.4 Å². The van der Waals surface area contributed by atoms with Crippen molar-refractivity contribution in [3.05, 3.63) is 51.3 Å². The molecule has 0 spiro atoms. The van der Waals surface area contributed by atoms with Gasteiger partial charge in [0.15, 0.2) is 0 Å². The van der Waals surface area contributed by atoms with E-state index in [-0.39, 0.29) is 0 Å². The number of aryl methyl sites for hydroxylation is 2. The van der Waals surface area contributed by atoms with Crippen LogP contribution in [0, 0.1) is 6.92 Å². The monoisotopic (exact) mass is 348 g/mol. The van der Waals surface area contributed by atoms with Crippen LogP contribution in [0.15, 0.2) is 33.3 Å². The van der Waals surface area contributed by atoms with Gasteiger partial charge < -0.3 is 4.52 Å². The maximum absolute atomic E-state index is 5.49. The Morgan fingerprint density at radius 2 is 2.19 bits per heavy atom. The Morgan fingerprint density at radius 1 is 1.38 bits per heavy atom. The molecule has 3 nitrogen and oxygen atoms in total. The molecular weight excluding hydrogens is 328 g/mol. The van der Waals surface area contributed by atoms with E-state index in [0.29, 0.717) is 6.04 Å². The minimum atomic E-state index is 0.443. The predicted octanol–water partition coefficient (Wildman–Crippen LogP) is 4.65. The first-order valence-corrected chi connectivity index (χ1v) is 8.42. The quantitative estimate of drug-likeness (QED) is 0.805. The van der Waals surface area contributed by atoms with Crippen molar-refractivity contribution in [3.63, 3.8) is 0 Å². The molecule has 1 aromatic heterocycles. The third kappa shape index (κ3) is 2.92. The second-order valence-electron chi connectivity index (χ2n) is 5.68. The van der Waals surface area contributed by atoms with Crippen LogP contribution in [0.25, 0.3) is 0 Å². The Balaban J connectivity index is 1.86. The van der Waals surface area contributed by atoms with E-state index in [9.17, 15) is 0 Å². The van der Waals surface area contributed by atoms with Gasteiger partial charge in [-0.1, -0.05) is 46.2 Å². The number of halogens is 1. The fourth-order valence-electron chi connectivity index (χ4n) is 3.29. The van der Waals surface area contributed by atoms with Crippen LogP contribution in [-0.4, -0.2) is 16.6 Å². The van der Waals surface area contributed by atoms with E-state index < -0.39 is 0 Å². The van der Waals surface area contributed by atoms with E-state index in [2.05, 4.69) is 64.1 Å². The average Bonchev–Trinajstić information content (AvgIpc) is 3.07. The number of benzene rings is 1. The van der Waals surface area contributed by atoms with E-state index in [0.717, 1.165) is 31.0 Å². The van der Waals surface area contributed by atoms with Gasteiger partial charge >= 0.3 is 0 Å². The second kappa shape index (κ2) is 6.32. The van der Waals surface area contributed by atoms with Gasteiger partial charge in [0.1, 0.15) is 5.76 Å². The van der Waals surface area contributed by atoms with E-state index in [1.54, 1.807) is 0 Å². The minimum absolute atomic E-state index is 0.443. The van der Waals surface area contributed by atoms with Gasteiger partial charge in [-0.3, -0.25) is 4.90 Å². The van der Waals surface area contributed by atoms with Crippen molar-refractivity contribution < 1.29 is 4.52 Å². The van der Waals surface area contributed by atoms with Crippen LogP contribution in [0.5, 0.6) is 0 Å². The number of likely N-dealkylation sites (tertiary alicyclic amines) is 1. The van der Waals surface area contributed by atoms with Crippen LogP contribution in [0.3, 0.4) is 0 Å². The van der Waals surface area contributed by atoms with E-state index in [4.69, 9.17) is 4.52 Å². The highest BCUT2D eigenvalue weighted by atomic mass is 79.9. The van der Waals surface area contributed by atoms with Crippen LogP contribution in [-0.2, 0) is 13.0 Å². The molecule has 1 aliphatic rings. The van der Waals surface area contributed by atoms with Crippen molar-refractivity contribution in [2.75, 3.05) is 6.54 Å². The summed E-state index contributed by atoms with van der Waals surface area (Å²) < 4.78 is 6.68. The normalized spacial score (nSPS) is 19.3. The minimum Gasteiger partial charge on any atom is -0.361 e. The van der Waals surface area contributed by atoms with Gasteiger partial charge in [0.05, 0.1) is 5.69 Å². The molecule has 2 aromatic rings. The standard InChI is InChI=1S/C17H21BrN2O/c1-3-16-17(12(2)19-21-16)15-9-6-10-20(15)11-13-7-4-5-8-14(13)18/h4-5,7-8,15H,3,6,9-11H2,1-2H3. The Morgan fingerprint density at radius 3 is 2.95 bits per heavy atom. The van der Waals surface area contributed by atoms with Crippen molar-refractivity contribution in [1.82, 2.24) is 10.1 Å². The summed E-state index contributed by atoms with van der Waals surface area (Å²) >= 11 is 3.66. The summed E-state index contributed by atoms with van der Waals surface area (Å²) in [5.41, 5.74) is 3.72. The molecule has 0 radical (unpaired) electrons. The highest BCUT2D eigenvalue weighted by Crippen LogP contribution is 2.37. The lowest BCUT2D eigenvalue weighted by atomic mass is 10.0. The summed E-state index contributed by atoms with van der Waals surface area (Å²) in [5, 5.41) is 4.18. The van der Waals surface area contributed by atoms with Crippen molar-refractivity contribution in [1.29, 1.82) is 0 Å². The number of rotatable bonds is 4. The van der Waals surface area contributed by atoms with Gasteiger partial charge in [-0.2, -0.15) is 0 Å². The van der Waals surface area contributed by atoms with Crippen LogP contribution in [0.1, 0.15) is 48.4 Å². The molecule has 0 N–H and O–H groups in total. The zero-order valence-corrected chi connectivity index (χ0v) is 14.2. The zero-order chi connectivity index (χ0) is 14.8. The first kappa shape index (κ1) is 14.8. The average molecular weight is 349 g/mol. The first-order valence-electron chi connectivity index (χ1n) is 7.63. The van der Waals surface area contributed by atoms with Crippen LogP contribution in [0.4, 0.5) is 0 Å². The van der Waals surface area contributed by atoms with Crippen molar-refractivity contribution >= 4 is 15.9 Å². The summed E-state index contributed by atoms with van der Waals surface area (Å²) in [6, 6.07) is 8.92. The van der Waals surface area contributed by atoms with E-state index >= 15 is 0 Å². The molecule has 0 aliphatic carbocycles. The molecule has 1 aliphatic heterocycles. The zero-order valence-electron chi connectivity index (χ0n) is 12.6. The van der Waals surface area contributed by atoms with Gasteiger partial charge in [-0.15, -0.1) is 0 Å². The Kier molecular flexibility index (Phi) is 4.45. The summed E-state index contributed by atoms with van der Waals surface area (Å²) in [7, 11) is 0. The maximum Gasteiger partial charge on any atom is 0.141 e. The number of nitrogens with zero attached hydrogens (tertiary/aromatic N) is 2. The summed E-state index contributed by atoms with van der Waals surface area (Å²) in [4.78, 5) is 2.55. The van der Waals surface area contributed by atoms with Crippen molar-refractivity contribution in [2.45, 2.75) is 45.7 Å². The fraction of sp³-hybridized carbons (Fsp3) is 0.471. The highest BCUT2D eigenvalue weighted by Gasteiger charge is 2.31. The molecule has 0 bridgehead atoms. The Labute approximate surface area is 134 Å². The largest absolute Gasteiger partial charge is 0.361 e. The summed E-state index contributed by atoms with van der Waals surface area (Å²) in [6.07, 6.45) is 3.35. The number of aromatic nitrogens is 1. The molecule has 112 valence electrons. The van der Waals surface area contributed by atoms with Gasteiger partial charge in [0, 0.05) is 29.0 Å². The molecule has 4 heteroatoms. The second-order valence-corrected chi connectivity index (χ2v) is 6.53. The molecule has 0 amide bonds. The lowest BCUT2D eigenvalue weighted by molar-refractivity contribution is 0.244. The lowest BCUT2D eigenvalue weighted by Gasteiger charge is -2.25. The van der Waals surface area contributed by atoms with Gasteiger partial charge in [-0.25, -0.2) is 0 Å². The molecule has 2 heterocycles. The van der Waals surface area contributed by atoms with Crippen molar-refractivity contribution in [3.8, 4) is 0 Å². The molecular formula is C17H21BrN2O. The predicted molar refractivity (Wildman–Crippen MR) is 87.1 cm³/mol. The third-order valence-electron chi connectivity index (χ3n) is 4.33. The third-order valence-corrected chi connectivity index (χ3v) is 5.11. The first-order chi connectivity index (χ1) is 10.2. The molecule has 21 heavy (non-hydrogen) atoms. The smallest absolute Gasteiger partial charge is 0.141 e. The molecule has 1 atom stereocenters. The van der Waals surface area contributed by atoms with Gasteiger partial charge in [-0.05, 0) is 37.9 Å². The number of hydrogen-bond acceptors (Lipinski definition) is 3. The molecule has 0 saturated carbocycles. The summed E-state index contributed by atoms with van der Waals surface area (Å²) in [5.74, 6) is 1.05. The van der Waals surface area contributed by atoms with Crippen molar-refractivity contribution in [2.24, 2.45) is 0 Å². The number of hydrogen-bond donors (Lipinski definition) is 0. The van der Waals surface area contributed by atoms with Gasteiger partial charge in [0.2, 0.25) is 0 Å².